The lowest BCUT2D eigenvalue weighted by molar-refractivity contribution is -0.137. The molecule has 5 rings (SSSR count). The van der Waals surface area contributed by atoms with Crippen molar-refractivity contribution in [1.29, 1.82) is 0 Å². The summed E-state index contributed by atoms with van der Waals surface area (Å²) in [4.78, 5) is 8.59. The fraction of sp³-hybridized carbons (Fsp3) is 0.182. The van der Waals surface area contributed by atoms with Crippen LogP contribution in [0, 0.1) is 0 Å². The lowest BCUT2D eigenvalue weighted by Crippen LogP contribution is -2.07. The predicted octanol–water partition coefficient (Wildman–Crippen LogP) is 4.55. The Kier molecular flexibility index (Phi) is 4.76. The topological polar surface area (TPSA) is 81.5 Å². The molecule has 2 aromatic carbocycles. The van der Waals surface area contributed by atoms with Gasteiger partial charge >= 0.3 is 6.18 Å². The zero-order valence-electron chi connectivity index (χ0n) is 16.9. The van der Waals surface area contributed by atoms with Gasteiger partial charge in [0.15, 0.2) is 5.65 Å². The van der Waals surface area contributed by atoms with Crippen molar-refractivity contribution in [2.75, 3.05) is 6.61 Å². The minimum atomic E-state index is -4.38. The van der Waals surface area contributed by atoms with E-state index in [0.717, 1.165) is 28.6 Å². The molecule has 0 bridgehead atoms. The third-order valence-electron chi connectivity index (χ3n) is 5.21. The Labute approximate surface area is 179 Å². The summed E-state index contributed by atoms with van der Waals surface area (Å²) in [5, 5.41) is 13.2. The van der Waals surface area contributed by atoms with E-state index < -0.39 is 11.7 Å². The smallest absolute Gasteiger partial charge is 0.416 e. The van der Waals surface area contributed by atoms with E-state index in [-0.39, 0.29) is 6.61 Å². The lowest BCUT2D eigenvalue weighted by atomic mass is 10.1. The summed E-state index contributed by atoms with van der Waals surface area (Å²) in [6.07, 6.45) is -0.980. The SMILES string of the molecule is Cn1nc(-c2cccc3[nH]ncc23)c2c(OCCc3cccc(C(F)(F)F)c3)ncnc21. The second kappa shape index (κ2) is 7.63. The highest BCUT2D eigenvalue weighted by Crippen LogP contribution is 2.35. The molecule has 5 aromatic rings. The van der Waals surface area contributed by atoms with Crippen molar-refractivity contribution in [3.8, 4) is 17.1 Å². The number of alkyl halides is 3. The van der Waals surface area contributed by atoms with Crippen molar-refractivity contribution in [2.45, 2.75) is 12.6 Å². The van der Waals surface area contributed by atoms with Crippen LogP contribution in [0.25, 0.3) is 33.2 Å². The van der Waals surface area contributed by atoms with E-state index >= 15 is 0 Å². The molecule has 3 aromatic heterocycles. The molecule has 1 N–H and O–H groups in total. The molecule has 0 aliphatic rings. The molecule has 0 aliphatic heterocycles. The van der Waals surface area contributed by atoms with Crippen LogP contribution in [0.2, 0.25) is 0 Å². The summed E-state index contributed by atoms with van der Waals surface area (Å²) in [6, 6.07) is 11.0. The second-order valence-corrected chi connectivity index (χ2v) is 7.28. The van der Waals surface area contributed by atoms with Crippen LogP contribution in [0.15, 0.2) is 55.0 Å². The van der Waals surface area contributed by atoms with Gasteiger partial charge in [-0.1, -0.05) is 30.3 Å². The van der Waals surface area contributed by atoms with Gasteiger partial charge in [-0.2, -0.15) is 23.4 Å². The first kappa shape index (κ1) is 20.0. The van der Waals surface area contributed by atoms with E-state index in [1.165, 1.54) is 12.4 Å². The number of aryl methyl sites for hydroxylation is 1. The highest BCUT2D eigenvalue weighted by atomic mass is 19.4. The number of hydrogen-bond acceptors (Lipinski definition) is 5. The van der Waals surface area contributed by atoms with Gasteiger partial charge in [0.2, 0.25) is 5.88 Å². The first-order valence-electron chi connectivity index (χ1n) is 9.81. The average Bonchev–Trinajstić information content (AvgIpc) is 3.38. The van der Waals surface area contributed by atoms with Crippen LogP contribution in [0.1, 0.15) is 11.1 Å². The summed E-state index contributed by atoms with van der Waals surface area (Å²) in [7, 11) is 1.78. The van der Waals surface area contributed by atoms with Crippen LogP contribution in [-0.4, -0.2) is 36.6 Å². The standard InChI is InChI=1S/C22H17F3N6O/c1-31-20-18(19(30-31)15-6-3-7-17-16(15)11-28-29-17)21(27-12-26-20)32-9-8-13-4-2-5-14(10-13)22(23,24)25/h2-7,10-12H,8-9H2,1H3,(H,28,29). The van der Waals surface area contributed by atoms with Crippen LogP contribution < -0.4 is 4.74 Å². The fourth-order valence-corrected chi connectivity index (χ4v) is 3.70. The Morgan fingerprint density at radius 3 is 2.78 bits per heavy atom. The van der Waals surface area contributed by atoms with Gasteiger partial charge in [0.05, 0.1) is 23.9 Å². The van der Waals surface area contributed by atoms with Crippen molar-refractivity contribution >= 4 is 21.9 Å². The van der Waals surface area contributed by atoms with Gasteiger partial charge in [0.25, 0.3) is 0 Å². The van der Waals surface area contributed by atoms with E-state index in [2.05, 4.69) is 25.3 Å². The summed E-state index contributed by atoms with van der Waals surface area (Å²) < 4.78 is 46.4. The number of nitrogens with zero attached hydrogens (tertiary/aromatic N) is 5. The molecular weight excluding hydrogens is 421 g/mol. The van der Waals surface area contributed by atoms with Crippen molar-refractivity contribution in [1.82, 2.24) is 29.9 Å². The predicted molar refractivity (Wildman–Crippen MR) is 112 cm³/mol. The zero-order valence-corrected chi connectivity index (χ0v) is 16.9. The van der Waals surface area contributed by atoms with Crippen LogP contribution in [0.5, 0.6) is 5.88 Å². The van der Waals surface area contributed by atoms with E-state index in [1.54, 1.807) is 24.0 Å². The maximum atomic E-state index is 13.0. The average molecular weight is 438 g/mol. The quantitative estimate of drug-likeness (QED) is 0.436. The monoisotopic (exact) mass is 438 g/mol. The van der Waals surface area contributed by atoms with Gasteiger partial charge in [-0.05, 0) is 17.7 Å². The molecule has 0 saturated heterocycles. The summed E-state index contributed by atoms with van der Waals surface area (Å²) in [5.74, 6) is 0.325. The molecule has 0 amide bonds. The first-order valence-corrected chi connectivity index (χ1v) is 9.81. The Hall–Kier alpha value is -3.95. The summed E-state index contributed by atoms with van der Waals surface area (Å²) >= 11 is 0. The molecule has 7 nitrogen and oxygen atoms in total. The Balaban J connectivity index is 1.47. The summed E-state index contributed by atoms with van der Waals surface area (Å²) in [5.41, 5.74) is 2.79. The number of benzene rings is 2. The van der Waals surface area contributed by atoms with Gasteiger partial charge in [-0.25, -0.2) is 14.6 Å². The lowest BCUT2D eigenvalue weighted by Gasteiger charge is -2.10. The van der Waals surface area contributed by atoms with Crippen LogP contribution in [0.3, 0.4) is 0 Å². The van der Waals surface area contributed by atoms with Crippen molar-refractivity contribution in [3.63, 3.8) is 0 Å². The molecule has 0 aliphatic carbocycles. The molecule has 162 valence electrons. The first-order chi connectivity index (χ1) is 15.4. The van der Waals surface area contributed by atoms with Crippen molar-refractivity contribution in [3.05, 3.63) is 66.1 Å². The number of aromatic nitrogens is 6. The van der Waals surface area contributed by atoms with E-state index in [0.29, 0.717) is 34.6 Å². The van der Waals surface area contributed by atoms with E-state index in [9.17, 15) is 13.2 Å². The molecule has 0 radical (unpaired) electrons. The number of aromatic amines is 1. The number of ether oxygens (including phenoxy) is 1. The Morgan fingerprint density at radius 2 is 1.94 bits per heavy atom. The molecular formula is C22H17F3N6O. The molecule has 3 heterocycles. The van der Waals surface area contributed by atoms with Crippen molar-refractivity contribution < 1.29 is 17.9 Å². The minimum Gasteiger partial charge on any atom is -0.477 e. The molecule has 0 saturated carbocycles. The number of fused-ring (bicyclic) bond motifs is 2. The maximum Gasteiger partial charge on any atom is 0.416 e. The third kappa shape index (κ3) is 3.53. The molecule has 0 unspecified atom stereocenters. The second-order valence-electron chi connectivity index (χ2n) is 7.28. The molecule has 0 atom stereocenters. The summed E-state index contributed by atoms with van der Waals surface area (Å²) in [6.45, 7) is 0.150. The maximum absolute atomic E-state index is 13.0. The number of rotatable bonds is 5. The van der Waals surface area contributed by atoms with Crippen LogP contribution in [0.4, 0.5) is 13.2 Å². The largest absolute Gasteiger partial charge is 0.477 e. The Morgan fingerprint density at radius 1 is 1.09 bits per heavy atom. The van der Waals surface area contributed by atoms with Crippen LogP contribution in [-0.2, 0) is 19.6 Å². The van der Waals surface area contributed by atoms with Gasteiger partial charge in [0, 0.05) is 24.4 Å². The number of H-pyrrole nitrogens is 1. The van der Waals surface area contributed by atoms with Gasteiger partial charge in [-0.3, -0.25) is 5.10 Å². The van der Waals surface area contributed by atoms with Crippen LogP contribution >= 0.6 is 0 Å². The van der Waals surface area contributed by atoms with Gasteiger partial charge in [0.1, 0.15) is 17.4 Å². The van der Waals surface area contributed by atoms with E-state index in [4.69, 9.17) is 4.74 Å². The number of nitrogens with one attached hydrogen (secondary N) is 1. The molecule has 32 heavy (non-hydrogen) atoms. The highest BCUT2D eigenvalue weighted by Gasteiger charge is 2.30. The fourth-order valence-electron chi connectivity index (χ4n) is 3.70. The molecule has 0 spiro atoms. The van der Waals surface area contributed by atoms with E-state index in [1.807, 2.05) is 18.2 Å². The third-order valence-corrected chi connectivity index (χ3v) is 5.21. The van der Waals surface area contributed by atoms with Crippen molar-refractivity contribution in [2.24, 2.45) is 7.05 Å². The Bertz CT molecular complexity index is 1420. The minimum absolute atomic E-state index is 0.150. The number of halogens is 3. The van der Waals surface area contributed by atoms with Gasteiger partial charge < -0.3 is 4.74 Å². The molecule has 0 fully saturated rings. The zero-order chi connectivity index (χ0) is 22.3. The molecule has 10 heteroatoms. The normalized spacial score (nSPS) is 12.0. The van der Waals surface area contributed by atoms with Gasteiger partial charge in [-0.15, -0.1) is 0 Å². The highest BCUT2D eigenvalue weighted by molar-refractivity contribution is 6.03. The number of hydrogen-bond donors (Lipinski definition) is 1.